The summed E-state index contributed by atoms with van der Waals surface area (Å²) >= 11 is 0. The van der Waals surface area contributed by atoms with E-state index in [0.29, 0.717) is 17.3 Å². The maximum absolute atomic E-state index is 13.0. The molecule has 0 amide bonds. The highest BCUT2D eigenvalue weighted by molar-refractivity contribution is 5.57. The van der Waals surface area contributed by atoms with Crippen LogP contribution < -0.4 is 5.32 Å². The second-order valence-electron chi connectivity index (χ2n) is 5.11. The zero-order valence-corrected chi connectivity index (χ0v) is 11.3. The fourth-order valence-corrected chi connectivity index (χ4v) is 2.59. The Kier molecular flexibility index (Phi) is 4.75. The SMILES string of the molecule is CC1CCCCN1CCNc1ccc(F)cc1C#N. The third-order valence-electron chi connectivity index (χ3n) is 3.76. The molecule has 1 aromatic rings. The molecule has 1 aliphatic rings. The van der Waals surface area contributed by atoms with Gasteiger partial charge < -0.3 is 5.32 Å². The highest BCUT2D eigenvalue weighted by atomic mass is 19.1. The summed E-state index contributed by atoms with van der Waals surface area (Å²) in [6.45, 7) is 5.16. The van der Waals surface area contributed by atoms with E-state index in [4.69, 9.17) is 5.26 Å². The fraction of sp³-hybridized carbons (Fsp3) is 0.533. The van der Waals surface area contributed by atoms with Crippen LogP contribution in [0.25, 0.3) is 0 Å². The molecule has 1 saturated heterocycles. The van der Waals surface area contributed by atoms with Crippen LogP contribution in [0.1, 0.15) is 31.7 Å². The molecule has 4 heteroatoms. The van der Waals surface area contributed by atoms with Crippen LogP contribution in [0, 0.1) is 17.1 Å². The third-order valence-corrected chi connectivity index (χ3v) is 3.76. The largest absolute Gasteiger partial charge is 0.383 e. The van der Waals surface area contributed by atoms with Crippen LogP contribution in [-0.2, 0) is 0 Å². The number of piperidine rings is 1. The fourth-order valence-electron chi connectivity index (χ4n) is 2.59. The third kappa shape index (κ3) is 3.68. The number of hydrogen-bond acceptors (Lipinski definition) is 3. The Balaban J connectivity index is 1.87. The van der Waals surface area contributed by atoms with Crippen molar-refractivity contribution in [2.45, 2.75) is 32.2 Å². The minimum absolute atomic E-state index is 0.367. The molecule has 102 valence electrons. The molecule has 1 aliphatic heterocycles. The summed E-state index contributed by atoms with van der Waals surface area (Å²) in [4.78, 5) is 2.46. The minimum atomic E-state index is -0.369. The summed E-state index contributed by atoms with van der Waals surface area (Å²) in [5.41, 5.74) is 1.08. The Hall–Kier alpha value is -1.60. The minimum Gasteiger partial charge on any atom is -0.383 e. The van der Waals surface area contributed by atoms with Crippen molar-refractivity contribution in [2.75, 3.05) is 25.0 Å². The molecule has 0 saturated carbocycles. The van der Waals surface area contributed by atoms with Gasteiger partial charge in [0.15, 0.2) is 0 Å². The maximum Gasteiger partial charge on any atom is 0.124 e. The monoisotopic (exact) mass is 261 g/mol. The molecule has 1 N–H and O–H groups in total. The molecule has 19 heavy (non-hydrogen) atoms. The van der Waals surface area contributed by atoms with Crippen molar-refractivity contribution in [3.05, 3.63) is 29.6 Å². The van der Waals surface area contributed by atoms with E-state index in [2.05, 4.69) is 17.1 Å². The molecule has 1 atom stereocenters. The number of likely N-dealkylation sites (tertiary alicyclic amines) is 1. The van der Waals surface area contributed by atoms with Crippen LogP contribution in [-0.4, -0.2) is 30.6 Å². The van der Waals surface area contributed by atoms with E-state index in [1.165, 1.54) is 31.4 Å². The van der Waals surface area contributed by atoms with Gasteiger partial charge in [0.2, 0.25) is 0 Å². The average molecular weight is 261 g/mol. The van der Waals surface area contributed by atoms with E-state index in [-0.39, 0.29) is 5.82 Å². The lowest BCUT2D eigenvalue weighted by molar-refractivity contribution is 0.167. The zero-order valence-electron chi connectivity index (χ0n) is 11.3. The summed E-state index contributed by atoms with van der Waals surface area (Å²) in [5, 5.41) is 12.2. The molecule has 1 heterocycles. The van der Waals surface area contributed by atoms with E-state index in [9.17, 15) is 4.39 Å². The van der Waals surface area contributed by atoms with Gasteiger partial charge in [0, 0.05) is 19.1 Å². The second-order valence-corrected chi connectivity index (χ2v) is 5.11. The van der Waals surface area contributed by atoms with Gasteiger partial charge in [-0.05, 0) is 44.5 Å². The number of nitrogens with zero attached hydrogens (tertiary/aromatic N) is 2. The van der Waals surface area contributed by atoms with Crippen LogP contribution >= 0.6 is 0 Å². The maximum atomic E-state index is 13.0. The van der Waals surface area contributed by atoms with Gasteiger partial charge in [0.05, 0.1) is 11.3 Å². The summed E-state index contributed by atoms with van der Waals surface area (Å²) in [7, 11) is 0. The van der Waals surface area contributed by atoms with Crippen LogP contribution in [0.3, 0.4) is 0 Å². The van der Waals surface area contributed by atoms with Gasteiger partial charge in [-0.2, -0.15) is 5.26 Å². The number of nitriles is 1. The Morgan fingerprint density at radius 1 is 1.47 bits per heavy atom. The van der Waals surface area contributed by atoms with Crippen molar-refractivity contribution >= 4 is 5.69 Å². The van der Waals surface area contributed by atoms with Gasteiger partial charge in [0.1, 0.15) is 11.9 Å². The van der Waals surface area contributed by atoms with Gasteiger partial charge in [0.25, 0.3) is 0 Å². The topological polar surface area (TPSA) is 39.1 Å². The van der Waals surface area contributed by atoms with Crippen molar-refractivity contribution in [3.8, 4) is 6.07 Å². The van der Waals surface area contributed by atoms with Crippen LogP contribution in [0.5, 0.6) is 0 Å². The van der Waals surface area contributed by atoms with E-state index >= 15 is 0 Å². The summed E-state index contributed by atoms with van der Waals surface area (Å²) < 4.78 is 13.0. The van der Waals surface area contributed by atoms with E-state index in [1.54, 1.807) is 6.07 Å². The molecule has 1 unspecified atom stereocenters. The molecule has 1 aromatic carbocycles. The van der Waals surface area contributed by atoms with E-state index in [1.807, 2.05) is 6.07 Å². The van der Waals surface area contributed by atoms with Crippen molar-refractivity contribution in [1.29, 1.82) is 5.26 Å². The summed E-state index contributed by atoms with van der Waals surface area (Å²) in [6.07, 6.45) is 3.85. The van der Waals surface area contributed by atoms with Crippen molar-refractivity contribution in [3.63, 3.8) is 0 Å². The molecule has 0 bridgehead atoms. The lowest BCUT2D eigenvalue weighted by Crippen LogP contribution is -2.40. The quantitative estimate of drug-likeness (QED) is 0.905. The molecule has 3 nitrogen and oxygen atoms in total. The highest BCUT2D eigenvalue weighted by Crippen LogP contribution is 2.17. The number of hydrogen-bond donors (Lipinski definition) is 1. The van der Waals surface area contributed by atoms with E-state index in [0.717, 1.165) is 19.6 Å². The van der Waals surface area contributed by atoms with Crippen LogP contribution in [0.4, 0.5) is 10.1 Å². The van der Waals surface area contributed by atoms with Crippen LogP contribution in [0.2, 0.25) is 0 Å². The Bertz CT molecular complexity index is 467. The van der Waals surface area contributed by atoms with E-state index < -0.39 is 0 Å². The Labute approximate surface area is 114 Å². The van der Waals surface area contributed by atoms with Gasteiger partial charge in [-0.1, -0.05) is 6.42 Å². The van der Waals surface area contributed by atoms with Gasteiger partial charge >= 0.3 is 0 Å². The molecule has 2 rings (SSSR count). The predicted molar refractivity (Wildman–Crippen MR) is 74.5 cm³/mol. The first-order valence-electron chi connectivity index (χ1n) is 6.88. The number of nitrogens with one attached hydrogen (secondary N) is 1. The average Bonchev–Trinajstić information content (AvgIpc) is 2.42. The van der Waals surface area contributed by atoms with Crippen molar-refractivity contribution in [1.82, 2.24) is 4.90 Å². The summed E-state index contributed by atoms with van der Waals surface area (Å²) in [5.74, 6) is -0.369. The molecular formula is C15H20FN3. The lowest BCUT2D eigenvalue weighted by Gasteiger charge is -2.33. The number of rotatable bonds is 4. The smallest absolute Gasteiger partial charge is 0.124 e. The Morgan fingerprint density at radius 2 is 2.32 bits per heavy atom. The van der Waals surface area contributed by atoms with Crippen molar-refractivity contribution in [2.24, 2.45) is 0 Å². The first-order valence-corrected chi connectivity index (χ1v) is 6.88. The number of benzene rings is 1. The standard InChI is InChI=1S/C15H20FN3/c1-12-4-2-3-8-19(12)9-7-18-15-6-5-14(16)10-13(15)11-17/h5-6,10,12,18H,2-4,7-9H2,1H3. The first kappa shape index (κ1) is 13.8. The molecule has 1 fully saturated rings. The van der Waals surface area contributed by atoms with Crippen LogP contribution in [0.15, 0.2) is 18.2 Å². The molecular weight excluding hydrogens is 241 g/mol. The molecule has 0 spiro atoms. The second kappa shape index (κ2) is 6.53. The predicted octanol–water partition coefficient (Wildman–Crippen LogP) is 2.98. The van der Waals surface area contributed by atoms with Crippen molar-refractivity contribution < 1.29 is 4.39 Å². The molecule has 0 aromatic heterocycles. The number of halogens is 1. The lowest BCUT2D eigenvalue weighted by atomic mass is 10.0. The number of anilines is 1. The van der Waals surface area contributed by atoms with Gasteiger partial charge in [-0.3, -0.25) is 4.90 Å². The zero-order chi connectivity index (χ0) is 13.7. The van der Waals surface area contributed by atoms with Gasteiger partial charge in [-0.15, -0.1) is 0 Å². The van der Waals surface area contributed by atoms with Gasteiger partial charge in [-0.25, -0.2) is 4.39 Å². The summed E-state index contributed by atoms with van der Waals surface area (Å²) in [6, 6.07) is 6.94. The first-order chi connectivity index (χ1) is 9.20. The molecule has 0 aliphatic carbocycles. The molecule has 0 radical (unpaired) electrons. The Morgan fingerprint density at radius 3 is 3.05 bits per heavy atom. The highest BCUT2D eigenvalue weighted by Gasteiger charge is 2.17. The normalized spacial score (nSPS) is 19.9.